The van der Waals surface area contributed by atoms with Crippen molar-refractivity contribution < 1.29 is 18.6 Å². The molecule has 1 aliphatic rings. The molecule has 0 radical (unpaired) electrons. The van der Waals surface area contributed by atoms with Crippen molar-refractivity contribution >= 4 is 29.9 Å². The number of hydrogen-bond donors (Lipinski definition) is 2. The van der Waals surface area contributed by atoms with Crippen molar-refractivity contribution in [2.45, 2.75) is 45.3 Å². The van der Waals surface area contributed by atoms with E-state index >= 15 is 0 Å². The maximum absolute atomic E-state index is 13.2. The van der Waals surface area contributed by atoms with Gasteiger partial charge in [-0.2, -0.15) is 0 Å². The Hall–Kier alpha value is -1.13. The van der Waals surface area contributed by atoms with Crippen LogP contribution in [0.5, 0.6) is 5.75 Å². The summed E-state index contributed by atoms with van der Waals surface area (Å²) < 4.78 is 30.1. The summed E-state index contributed by atoms with van der Waals surface area (Å²) in [4.78, 5) is 4.54. The lowest BCUT2D eigenvalue weighted by Gasteiger charge is -2.22. The van der Waals surface area contributed by atoms with Crippen LogP contribution in [0.1, 0.15) is 33.1 Å². The first-order chi connectivity index (χ1) is 13.2. The largest absolute Gasteiger partial charge is 0.489 e. The predicted molar refractivity (Wildman–Crippen MR) is 120 cm³/mol. The van der Waals surface area contributed by atoms with Gasteiger partial charge in [-0.25, -0.2) is 9.38 Å². The Labute approximate surface area is 184 Å². The fourth-order valence-electron chi connectivity index (χ4n) is 2.74. The van der Waals surface area contributed by atoms with Crippen LogP contribution in [0.3, 0.4) is 0 Å². The van der Waals surface area contributed by atoms with Gasteiger partial charge in [-0.15, -0.1) is 24.0 Å². The number of halogens is 2. The van der Waals surface area contributed by atoms with Crippen molar-refractivity contribution in [1.29, 1.82) is 0 Å². The molecule has 0 amide bonds. The summed E-state index contributed by atoms with van der Waals surface area (Å²) in [5.74, 6) is 0.959. The first kappa shape index (κ1) is 24.9. The van der Waals surface area contributed by atoms with Crippen molar-refractivity contribution in [3.63, 3.8) is 0 Å². The maximum Gasteiger partial charge on any atom is 0.191 e. The Kier molecular flexibility index (Phi) is 13.2. The van der Waals surface area contributed by atoms with E-state index in [9.17, 15) is 4.39 Å². The summed E-state index contributed by atoms with van der Waals surface area (Å²) >= 11 is 0. The lowest BCUT2D eigenvalue weighted by molar-refractivity contribution is -0.0320. The molecule has 1 aromatic carbocycles. The van der Waals surface area contributed by atoms with Gasteiger partial charge in [-0.3, -0.25) is 0 Å². The standard InChI is InChI=1S/C20H32FN3O3.HI/c1-3-22-20(23-10-5-11-26-18-8-12-25-13-9-18)24-15-16(2)27-19-7-4-6-17(21)14-19;/h4,6-7,14,16,18H,3,5,8-13,15H2,1-2H3,(H2,22,23,24);1H. The summed E-state index contributed by atoms with van der Waals surface area (Å²) in [5.41, 5.74) is 0. The van der Waals surface area contributed by atoms with Gasteiger partial charge >= 0.3 is 0 Å². The van der Waals surface area contributed by atoms with Gasteiger partial charge in [0, 0.05) is 39.0 Å². The van der Waals surface area contributed by atoms with E-state index in [1.54, 1.807) is 12.1 Å². The lowest BCUT2D eigenvalue weighted by Crippen LogP contribution is -2.39. The van der Waals surface area contributed by atoms with E-state index in [4.69, 9.17) is 14.2 Å². The quantitative estimate of drug-likeness (QED) is 0.219. The third-order valence-electron chi connectivity index (χ3n) is 4.12. The summed E-state index contributed by atoms with van der Waals surface area (Å²) in [6.45, 7) is 8.32. The molecule has 0 aromatic heterocycles. The zero-order valence-electron chi connectivity index (χ0n) is 16.8. The number of hydrogen-bond acceptors (Lipinski definition) is 4. The van der Waals surface area contributed by atoms with Crippen molar-refractivity contribution in [3.05, 3.63) is 30.1 Å². The smallest absolute Gasteiger partial charge is 0.191 e. The van der Waals surface area contributed by atoms with E-state index in [1.807, 2.05) is 13.8 Å². The van der Waals surface area contributed by atoms with Crippen molar-refractivity contribution in [2.75, 3.05) is 39.5 Å². The van der Waals surface area contributed by atoms with Crippen LogP contribution in [-0.4, -0.2) is 57.6 Å². The minimum atomic E-state index is -0.304. The molecule has 1 saturated heterocycles. The average molecular weight is 509 g/mol. The summed E-state index contributed by atoms with van der Waals surface area (Å²) in [7, 11) is 0. The topological polar surface area (TPSA) is 64.1 Å². The molecule has 0 aliphatic carbocycles. The minimum Gasteiger partial charge on any atom is -0.489 e. The number of ether oxygens (including phenoxy) is 3. The van der Waals surface area contributed by atoms with Crippen LogP contribution < -0.4 is 15.4 Å². The van der Waals surface area contributed by atoms with E-state index < -0.39 is 0 Å². The highest BCUT2D eigenvalue weighted by Gasteiger charge is 2.13. The highest BCUT2D eigenvalue weighted by molar-refractivity contribution is 14.0. The lowest BCUT2D eigenvalue weighted by atomic mass is 10.1. The molecule has 160 valence electrons. The van der Waals surface area contributed by atoms with Gasteiger partial charge in [0.1, 0.15) is 17.7 Å². The normalized spacial score (nSPS) is 16.2. The van der Waals surface area contributed by atoms with Crippen LogP contribution in [0.4, 0.5) is 4.39 Å². The number of aliphatic imine (C=N–C) groups is 1. The van der Waals surface area contributed by atoms with Gasteiger partial charge in [0.05, 0.1) is 12.6 Å². The van der Waals surface area contributed by atoms with Gasteiger partial charge in [0.15, 0.2) is 5.96 Å². The van der Waals surface area contributed by atoms with Crippen LogP contribution in [-0.2, 0) is 9.47 Å². The number of nitrogens with zero attached hydrogens (tertiary/aromatic N) is 1. The summed E-state index contributed by atoms with van der Waals surface area (Å²) in [6.07, 6.45) is 3.07. The summed E-state index contributed by atoms with van der Waals surface area (Å²) in [6, 6.07) is 6.15. The molecular formula is C20H33FIN3O3. The average Bonchev–Trinajstić information content (AvgIpc) is 2.66. The first-order valence-corrected chi connectivity index (χ1v) is 9.81. The Morgan fingerprint density at radius 2 is 2.11 bits per heavy atom. The first-order valence-electron chi connectivity index (χ1n) is 9.81. The molecule has 0 saturated carbocycles. The monoisotopic (exact) mass is 509 g/mol. The maximum atomic E-state index is 13.2. The molecule has 0 spiro atoms. The molecule has 1 fully saturated rings. The Bertz CT molecular complexity index is 571. The molecule has 1 atom stereocenters. The fraction of sp³-hybridized carbons (Fsp3) is 0.650. The van der Waals surface area contributed by atoms with E-state index in [0.29, 0.717) is 18.4 Å². The molecule has 1 heterocycles. The molecule has 1 unspecified atom stereocenters. The second-order valence-corrected chi connectivity index (χ2v) is 6.57. The number of benzene rings is 1. The Morgan fingerprint density at radius 3 is 2.82 bits per heavy atom. The predicted octanol–water partition coefficient (Wildman–Crippen LogP) is 3.35. The van der Waals surface area contributed by atoms with Crippen molar-refractivity contribution in [3.8, 4) is 5.75 Å². The Morgan fingerprint density at radius 1 is 1.32 bits per heavy atom. The molecular weight excluding hydrogens is 476 g/mol. The van der Waals surface area contributed by atoms with Crippen LogP contribution in [0, 0.1) is 5.82 Å². The SMILES string of the molecule is CCNC(=NCC(C)Oc1cccc(F)c1)NCCCOC1CCOCC1.I. The van der Waals surface area contributed by atoms with Crippen LogP contribution in [0.15, 0.2) is 29.3 Å². The van der Waals surface area contributed by atoms with Gasteiger partial charge in [0.2, 0.25) is 0 Å². The molecule has 0 bridgehead atoms. The van der Waals surface area contributed by atoms with E-state index in [2.05, 4.69) is 15.6 Å². The van der Waals surface area contributed by atoms with Crippen LogP contribution in [0.2, 0.25) is 0 Å². The molecule has 2 N–H and O–H groups in total. The van der Waals surface area contributed by atoms with E-state index in [1.165, 1.54) is 12.1 Å². The highest BCUT2D eigenvalue weighted by Crippen LogP contribution is 2.14. The van der Waals surface area contributed by atoms with Crippen molar-refractivity contribution in [2.24, 2.45) is 4.99 Å². The molecule has 8 heteroatoms. The fourth-order valence-corrected chi connectivity index (χ4v) is 2.74. The third-order valence-corrected chi connectivity index (χ3v) is 4.12. The Balaban J connectivity index is 0.00000392. The zero-order valence-corrected chi connectivity index (χ0v) is 19.1. The third kappa shape index (κ3) is 10.4. The van der Waals surface area contributed by atoms with Gasteiger partial charge in [0.25, 0.3) is 0 Å². The second-order valence-electron chi connectivity index (χ2n) is 6.57. The number of nitrogens with one attached hydrogen (secondary N) is 2. The zero-order chi connectivity index (χ0) is 19.3. The number of guanidine groups is 1. The summed E-state index contributed by atoms with van der Waals surface area (Å²) in [5, 5.41) is 6.52. The molecule has 2 rings (SSSR count). The molecule has 6 nitrogen and oxygen atoms in total. The van der Waals surface area contributed by atoms with Crippen LogP contribution >= 0.6 is 24.0 Å². The van der Waals surface area contributed by atoms with E-state index in [0.717, 1.165) is 58.1 Å². The molecule has 1 aliphatic heterocycles. The van der Waals surface area contributed by atoms with Crippen LogP contribution in [0.25, 0.3) is 0 Å². The molecule has 1 aromatic rings. The highest BCUT2D eigenvalue weighted by atomic mass is 127. The van der Waals surface area contributed by atoms with E-state index in [-0.39, 0.29) is 35.9 Å². The van der Waals surface area contributed by atoms with Gasteiger partial charge in [-0.1, -0.05) is 6.07 Å². The van der Waals surface area contributed by atoms with Gasteiger partial charge < -0.3 is 24.8 Å². The van der Waals surface area contributed by atoms with Gasteiger partial charge in [-0.05, 0) is 45.2 Å². The molecule has 28 heavy (non-hydrogen) atoms. The second kappa shape index (κ2) is 14.8. The minimum absolute atomic E-state index is 0. The van der Waals surface area contributed by atoms with Crippen molar-refractivity contribution in [1.82, 2.24) is 10.6 Å². The number of rotatable bonds is 10.